The second-order valence-electron chi connectivity index (χ2n) is 4.70. The van der Waals surface area contributed by atoms with Crippen molar-refractivity contribution < 1.29 is 9.84 Å². The molecule has 1 unspecified atom stereocenters. The van der Waals surface area contributed by atoms with Crippen LogP contribution in [0.4, 0.5) is 0 Å². The highest BCUT2D eigenvalue weighted by Crippen LogP contribution is 2.18. The highest BCUT2D eigenvalue weighted by atomic mass is 16.5. The Morgan fingerprint density at radius 1 is 1.40 bits per heavy atom. The Morgan fingerprint density at radius 3 is 2.67 bits per heavy atom. The van der Waals surface area contributed by atoms with E-state index >= 15 is 0 Å². The van der Waals surface area contributed by atoms with Crippen molar-refractivity contribution >= 4 is 0 Å². The quantitative estimate of drug-likeness (QED) is 0.774. The van der Waals surface area contributed by atoms with Gasteiger partial charge in [0.15, 0.2) is 0 Å². The van der Waals surface area contributed by atoms with E-state index in [9.17, 15) is 5.11 Å². The van der Waals surface area contributed by atoms with Crippen molar-refractivity contribution in [1.82, 2.24) is 4.90 Å². The first kappa shape index (κ1) is 12.9. The Kier molecular flexibility index (Phi) is 5.03. The molecule has 0 saturated carbocycles. The summed E-state index contributed by atoms with van der Waals surface area (Å²) in [5.41, 5.74) is -0.510. The normalized spacial score (nSPS) is 25.2. The summed E-state index contributed by atoms with van der Waals surface area (Å²) in [6.45, 7) is 9.86. The van der Waals surface area contributed by atoms with Crippen LogP contribution in [0.3, 0.4) is 0 Å². The van der Waals surface area contributed by atoms with Gasteiger partial charge in [0.05, 0.1) is 11.7 Å². The van der Waals surface area contributed by atoms with Crippen molar-refractivity contribution in [3.63, 3.8) is 0 Å². The fraction of sp³-hybridized carbons (Fsp3) is 1.00. The van der Waals surface area contributed by atoms with Crippen LogP contribution < -0.4 is 0 Å². The largest absolute Gasteiger partial charge is 0.389 e. The van der Waals surface area contributed by atoms with Crippen molar-refractivity contribution in [2.45, 2.75) is 51.7 Å². The Morgan fingerprint density at radius 2 is 2.07 bits per heavy atom. The third-order valence-electron chi connectivity index (χ3n) is 3.37. The molecular weight excluding hydrogens is 190 g/mol. The SMILES string of the molecule is CCC(O)(CC)CN1CCCOC(C)C1. The van der Waals surface area contributed by atoms with Gasteiger partial charge in [0, 0.05) is 26.2 Å². The first-order valence-electron chi connectivity index (χ1n) is 6.16. The van der Waals surface area contributed by atoms with Gasteiger partial charge in [-0.25, -0.2) is 0 Å². The van der Waals surface area contributed by atoms with E-state index in [2.05, 4.69) is 25.7 Å². The molecule has 1 saturated heterocycles. The molecule has 3 nitrogen and oxygen atoms in total. The van der Waals surface area contributed by atoms with Gasteiger partial charge in [0.25, 0.3) is 0 Å². The maximum absolute atomic E-state index is 10.3. The minimum absolute atomic E-state index is 0.297. The van der Waals surface area contributed by atoms with Crippen molar-refractivity contribution in [2.75, 3.05) is 26.2 Å². The molecular formula is C12H25NO2. The summed E-state index contributed by atoms with van der Waals surface area (Å²) in [4.78, 5) is 2.34. The van der Waals surface area contributed by atoms with Crippen LogP contribution in [0.1, 0.15) is 40.0 Å². The van der Waals surface area contributed by atoms with Crippen LogP contribution in [-0.2, 0) is 4.74 Å². The highest BCUT2D eigenvalue weighted by molar-refractivity contribution is 4.81. The molecule has 0 aromatic carbocycles. The minimum Gasteiger partial charge on any atom is -0.389 e. The van der Waals surface area contributed by atoms with Crippen molar-refractivity contribution in [2.24, 2.45) is 0 Å². The summed E-state index contributed by atoms with van der Waals surface area (Å²) >= 11 is 0. The zero-order valence-corrected chi connectivity index (χ0v) is 10.3. The van der Waals surface area contributed by atoms with Gasteiger partial charge in [-0.1, -0.05) is 13.8 Å². The maximum Gasteiger partial charge on any atom is 0.0768 e. The van der Waals surface area contributed by atoms with Crippen LogP contribution in [0.15, 0.2) is 0 Å². The zero-order chi connectivity index (χ0) is 11.3. The van der Waals surface area contributed by atoms with Crippen LogP contribution in [0, 0.1) is 0 Å². The maximum atomic E-state index is 10.3. The van der Waals surface area contributed by atoms with E-state index < -0.39 is 5.60 Å². The predicted molar refractivity (Wildman–Crippen MR) is 62.0 cm³/mol. The Hall–Kier alpha value is -0.120. The van der Waals surface area contributed by atoms with Crippen molar-refractivity contribution in [3.8, 4) is 0 Å². The third-order valence-corrected chi connectivity index (χ3v) is 3.37. The monoisotopic (exact) mass is 215 g/mol. The molecule has 0 amide bonds. The summed E-state index contributed by atoms with van der Waals surface area (Å²) in [5.74, 6) is 0. The number of rotatable bonds is 4. The van der Waals surface area contributed by atoms with Crippen LogP contribution in [0.5, 0.6) is 0 Å². The van der Waals surface area contributed by atoms with Gasteiger partial charge in [0.1, 0.15) is 0 Å². The molecule has 1 N–H and O–H groups in total. The van der Waals surface area contributed by atoms with Crippen molar-refractivity contribution in [1.29, 1.82) is 0 Å². The lowest BCUT2D eigenvalue weighted by Gasteiger charge is -2.32. The Bertz CT molecular complexity index is 180. The average Bonchev–Trinajstić information content (AvgIpc) is 2.42. The molecule has 0 aliphatic carbocycles. The predicted octanol–water partition coefficient (Wildman–Crippen LogP) is 1.65. The van der Waals surface area contributed by atoms with Gasteiger partial charge in [-0.3, -0.25) is 4.90 Å². The lowest BCUT2D eigenvalue weighted by Crippen LogP contribution is -2.44. The van der Waals surface area contributed by atoms with E-state index in [0.29, 0.717) is 6.10 Å². The summed E-state index contributed by atoms with van der Waals surface area (Å²) in [5, 5.41) is 10.3. The second kappa shape index (κ2) is 5.83. The number of aliphatic hydroxyl groups is 1. The second-order valence-corrected chi connectivity index (χ2v) is 4.70. The van der Waals surface area contributed by atoms with E-state index in [0.717, 1.165) is 45.5 Å². The standard InChI is InChI=1S/C12H25NO2/c1-4-12(14,5-2)10-13-7-6-8-15-11(3)9-13/h11,14H,4-10H2,1-3H3. The zero-order valence-electron chi connectivity index (χ0n) is 10.3. The van der Waals surface area contributed by atoms with Crippen LogP contribution in [0.2, 0.25) is 0 Å². The molecule has 3 heteroatoms. The Balaban J connectivity index is 2.47. The van der Waals surface area contributed by atoms with Gasteiger partial charge in [0.2, 0.25) is 0 Å². The lowest BCUT2D eigenvalue weighted by molar-refractivity contribution is -0.00991. The molecule has 1 heterocycles. The fourth-order valence-electron chi connectivity index (χ4n) is 2.11. The fourth-order valence-corrected chi connectivity index (χ4v) is 2.11. The first-order chi connectivity index (χ1) is 7.09. The number of ether oxygens (including phenoxy) is 1. The van der Waals surface area contributed by atoms with E-state index in [4.69, 9.17) is 4.74 Å². The van der Waals surface area contributed by atoms with E-state index in [-0.39, 0.29) is 0 Å². The third kappa shape index (κ3) is 4.09. The van der Waals surface area contributed by atoms with Gasteiger partial charge >= 0.3 is 0 Å². The summed E-state index contributed by atoms with van der Waals surface area (Å²) in [7, 11) is 0. The molecule has 1 rings (SSSR count). The minimum atomic E-state index is -0.510. The molecule has 0 spiro atoms. The van der Waals surface area contributed by atoms with E-state index in [1.807, 2.05) is 0 Å². The van der Waals surface area contributed by atoms with Crippen molar-refractivity contribution in [3.05, 3.63) is 0 Å². The van der Waals surface area contributed by atoms with Gasteiger partial charge in [-0.15, -0.1) is 0 Å². The summed E-state index contributed by atoms with van der Waals surface area (Å²) < 4.78 is 5.59. The van der Waals surface area contributed by atoms with Gasteiger partial charge in [-0.05, 0) is 26.2 Å². The molecule has 1 aliphatic rings. The lowest BCUT2D eigenvalue weighted by atomic mass is 9.96. The molecule has 0 bridgehead atoms. The van der Waals surface area contributed by atoms with Crippen LogP contribution in [-0.4, -0.2) is 48.0 Å². The molecule has 90 valence electrons. The molecule has 1 fully saturated rings. The number of nitrogens with zero attached hydrogens (tertiary/aromatic N) is 1. The number of β-amino-alcohol motifs (C(OH)–C–C–N with tert-alkyl or cyclic N) is 1. The smallest absolute Gasteiger partial charge is 0.0768 e. The average molecular weight is 215 g/mol. The summed E-state index contributed by atoms with van der Waals surface area (Å²) in [6.07, 6.45) is 3.03. The van der Waals surface area contributed by atoms with Gasteiger partial charge in [-0.2, -0.15) is 0 Å². The first-order valence-corrected chi connectivity index (χ1v) is 6.16. The molecule has 0 radical (unpaired) electrons. The van der Waals surface area contributed by atoms with Crippen LogP contribution >= 0.6 is 0 Å². The number of hydrogen-bond donors (Lipinski definition) is 1. The van der Waals surface area contributed by atoms with E-state index in [1.54, 1.807) is 0 Å². The topological polar surface area (TPSA) is 32.7 Å². The van der Waals surface area contributed by atoms with Crippen LogP contribution in [0.25, 0.3) is 0 Å². The molecule has 1 atom stereocenters. The Labute approximate surface area is 93.4 Å². The summed E-state index contributed by atoms with van der Waals surface area (Å²) in [6, 6.07) is 0. The van der Waals surface area contributed by atoms with E-state index in [1.165, 1.54) is 0 Å². The highest BCUT2D eigenvalue weighted by Gasteiger charge is 2.27. The van der Waals surface area contributed by atoms with Gasteiger partial charge < -0.3 is 9.84 Å². The molecule has 0 aromatic heterocycles. The molecule has 15 heavy (non-hydrogen) atoms. The molecule has 0 aromatic rings. The molecule has 1 aliphatic heterocycles. The number of hydrogen-bond acceptors (Lipinski definition) is 3.